The molecule has 0 aliphatic heterocycles. The summed E-state index contributed by atoms with van der Waals surface area (Å²) in [6.45, 7) is 12.5. The fraction of sp³-hybridized carbons (Fsp3) is 0.611. The van der Waals surface area contributed by atoms with Crippen molar-refractivity contribution in [1.29, 1.82) is 0 Å². The van der Waals surface area contributed by atoms with Gasteiger partial charge in [0.2, 0.25) is 0 Å². The highest BCUT2D eigenvalue weighted by molar-refractivity contribution is 5.67. The SMILES string of the molecule is CCN(Cc1ccccc1)C(C)CNC(=O)OC(C)(C)CC. The normalized spacial score (nSPS) is 13.0. The second-order valence-electron chi connectivity index (χ2n) is 6.28. The number of benzene rings is 1. The van der Waals surface area contributed by atoms with Gasteiger partial charge in [0.05, 0.1) is 0 Å². The van der Waals surface area contributed by atoms with E-state index >= 15 is 0 Å². The van der Waals surface area contributed by atoms with Gasteiger partial charge in [0.1, 0.15) is 5.60 Å². The van der Waals surface area contributed by atoms with Gasteiger partial charge in [-0.15, -0.1) is 0 Å². The highest BCUT2D eigenvalue weighted by atomic mass is 16.6. The molecule has 124 valence electrons. The molecule has 0 bridgehead atoms. The van der Waals surface area contributed by atoms with Crippen molar-refractivity contribution in [1.82, 2.24) is 10.2 Å². The van der Waals surface area contributed by atoms with Gasteiger partial charge in [-0.05, 0) is 39.3 Å². The van der Waals surface area contributed by atoms with E-state index in [0.29, 0.717) is 6.54 Å². The number of rotatable bonds is 8. The molecule has 0 saturated heterocycles. The Balaban J connectivity index is 2.45. The molecule has 0 heterocycles. The molecule has 0 aromatic heterocycles. The summed E-state index contributed by atoms with van der Waals surface area (Å²) in [7, 11) is 0. The van der Waals surface area contributed by atoms with Crippen LogP contribution in [0.4, 0.5) is 4.79 Å². The minimum atomic E-state index is -0.415. The van der Waals surface area contributed by atoms with Crippen LogP contribution in [0.5, 0.6) is 0 Å². The van der Waals surface area contributed by atoms with Crippen LogP contribution in [-0.2, 0) is 11.3 Å². The highest BCUT2D eigenvalue weighted by Crippen LogP contribution is 2.13. The first-order valence-electron chi connectivity index (χ1n) is 8.12. The van der Waals surface area contributed by atoms with Crippen LogP contribution in [0.15, 0.2) is 30.3 Å². The number of ether oxygens (including phenoxy) is 1. The first kappa shape index (κ1) is 18.5. The Hall–Kier alpha value is -1.55. The Kier molecular flexibility index (Phi) is 7.39. The largest absolute Gasteiger partial charge is 0.444 e. The van der Waals surface area contributed by atoms with Gasteiger partial charge >= 0.3 is 6.09 Å². The lowest BCUT2D eigenvalue weighted by atomic mass is 10.1. The summed E-state index contributed by atoms with van der Waals surface area (Å²) in [6, 6.07) is 10.6. The number of carbonyl (C=O) groups excluding carboxylic acids is 1. The molecule has 1 aromatic rings. The van der Waals surface area contributed by atoms with Gasteiger partial charge in [-0.25, -0.2) is 4.79 Å². The van der Waals surface area contributed by atoms with Crippen LogP contribution >= 0.6 is 0 Å². The third-order valence-electron chi connectivity index (χ3n) is 4.02. The molecule has 0 spiro atoms. The summed E-state index contributed by atoms with van der Waals surface area (Å²) in [4.78, 5) is 14.2. The van der Waals surface area contributed by atoms with Crippen molar-refractivity contribution in [3.05, 3.63) is 35.9 Å². The predicted molar refractivity (Wildman–Crippen MR) is 90.8 cm³/mol. The van der Waals surface area contributed by atoms with E-state index < -0.39 is 5.60 Å². The third-order valence-corrected chi connectivity index (χ3v) is 4.02. The molecule has 0 aliphatic carbocycles. The number of amides is 1. The lowest BCUT2D eigenvalue weighted by molar-refractivity contribution is 0.0349. The number of alkyl carbamates (subject to hydrolysis) is 1. The first-order chi connectivity index (χ1) is 10.4. The second-order valence-corrected chi connectivity index (χ2v) is 6.28. The van der Waals surface area contributed by atoms with E-state index in [4.69, 9.17) is 4.74 Å². The van der Waals surface area contributed by atoms with Gasteiger partial charge in [0, 0.05) is 19.1 Å². The summed E-state index contributed by atoms with van der Waals surface area (Å²) in [6.07, 6.45) is 0.458. The molecule has 4 nitrogen and oxygen atoms in total. The molecule has 22 heavy (non-hydrogen) atoms. The summed E-state index contributed by atoms with van der Waals surface area (Å²) < 4.78 is 5.40. The van der Waals surface area contributed by atoms with Gasteiger partial charge in [0.25, 0.3) is 0 Å². The topological polar surface area (TPSA) is 41.6 Å². The molecule has 1 aromatic carbocycles. The quantitative estimate of drug-likeness (QED) is 0.794. The van der Waals surface area contributed by atoms with Crippen molar-refractivity contribution in [2.75, 3.05) is 13.1 Å². The van der Waals surface area contributed by atoms with E-state index in [1.807, 2.05) is 26.8 Å². The first-order valence-corrected chi connectivity index (χ1v) is 8.12. The molecule has 0 aliphatic rings. The average Bonchev–Trinajstić information content (AvgIpc) is 2.51. The van der Waals surface area contributed by atoms with E-state index in [1.165, 1.54) is 5.56 Å². The highest BCUT2D eigenvalue weighted by Gasteiger charge is 2.21. The van der Waals surface area contributed by atoms with Crippen LogP contribution in [0.3, 0.4) is 0 Å². The van der Waals surface area contributed by atoms with Gasteiger partial charge < -0.3 is 10.1 Å². The van der Waals surface area contributed by atoms with E-state index in [9.17, 15) is 4.79 Å². The minimum Gasteiger partial charge on any atom is -0.444 e. The fourth-order valence-corrected chi connectivity index (χ4v) is 2.12. The predicted octanol–water partition coefficient (Wildman–Crippen LogP) is 3.81. The van der Waals surface area contributed by atoms with Crippen molar-refractivity contribution < 1.29 is 9.53 Å². The lowest BCUT2D eigenvalue weighted by Gasteiger charge is -2.29. The smallest absolute Gasteiger partial charge is 0.407 e. The number of hydrogen-bond acceptors (Lipinski definition) is 3. The van der Waals surface area contributed by atoms with E-state index in [-0.39, 0.29) is 12.1 Å². The number of carbonyl (C=O) groups is 1. The van der Waals surface area contributed by atoms with Crippen LogP contribution in [0, 0.1) is 0 Å². The van der Waals surface area contributed by atoms with E-state index in [1.54, 1.807) is 0 Å². The second kappa shape index (κ2) is 8.79. The molecule has 1 atom stereocenters. The average molecular weight is 306 g/mol. The Labute approximate surface area is 134 Å². The van der Waals surface area contributed by atoms with E-state index in [2.05, 4.69) is 48.3 Å². The minimum absolute atomic E-state index is 0.252. The van der Waals surface area contributed by atoms with Crippen molar-refractivity contribution in [2.24, 2.45) is 0 Å². The zero-order chi connectivity index (χ0) is 16.6. The molecule has 1 N–H and O–H groups in total. The molecule has 1 amide bonds. The Morgan fingerprint density at radius 3 is 2.45 bits per heavy atom. The van der Waals surface area contributed by atoms with Crippen molar-refractivity contribution >= 4 is 6.09 Å². The molecule has 1 rings (SSSR count). The van der Waals surface area contributed by atoms with Gasteiger partial charge in [-0.3, -0.25) is 4.90 Å². The third kappa shape index (κ3) is 6.48. The fourth-order valence-electron chi connectivity index (χ4n) is 2.12. The Morgan fingerprint density at radius 1 is 1.27 bits per heavy atom. The number of nitrogens with zero attached hydrogens (tertiary/aromatic N) is 1. The van der Waals surface area contributed by atoms with Gasteiger partial charge in [-0.1, -0.05) is 44.2 Å². The van der Waals surface area contributed by atoms with Crippen molar-refractivity contribution in [3.8, 4) is 0 Å². The van der Waals surface area contributed by atoms with Crippen LogP contribution in [-0.4, -0.2) is 35.7 Å². The van der Waals surface area contributed by atoms with Crippen LogP contribution in [0.2, 0.25) is 0 Å². The summed E-state index contributed by atoms with van der Waals surface area (Å²) in [5.74, 6) is 0. The zero-order valence-electron chi connectivity index (χ0n) is 14.6. The summed E-state index contributed by atoms with van der Waals surface area (Å²) >= 11 is 0. The number of nitrogens with one attached hydrogen (secondary N) is 1. The zero-order valence-corrected chi connectivity index (χ0v) is 14.6. The van der Waals surface area contributed by atoms with Crippen molar-refractivity contribution in [2.45, 2.75) is 59.2 Å². The maximum Gasteiger partial charge on any atom is 0.407 e. The maximum atomic E-state index is 11.8. The van der Waals surface area contributed by atoms with Crippen molar-refractivity contribution in [3.63, 3.8) is 0 Å². The molecule has 0 radical (unpaired) electrons. The standard InChI is InChI=1S/C18H30N2O2/c1-6-18(4,5)22-17(21)19-13-15(3)20(7-2)14-16-11-9-8-10-12-16/h8-12,15H,6-7,13-14H2,1-5H3,(H,19,21). The molecule has 4 heteroatoms. The summed E-state index contributed by atoms with van der Waals surface area (Å²) in [5, 5.41) is 2.87. The van der Waals surface area contributed by atoms with Gasteiger partial charge in [-0.2, -0.15) is 0 Å². The van der Waals surface area contributed by atoms with Crippen LogP contribution in [0.1, 0.15) is 46.6 Å². The number of hydrogen-bond donors (Lipinski definition) is 1. The lowest BCUT2D eigenvalue weighted by Crippen LogP contribution is -2.43. The molecule has 0 saturated carbocycles. The maximum absolute atomic E-state index is 11.8. The monoisotopic (exact) mass is 306 g/mol. The Bertz CT molecular complexity index is 446. The molecule has 1 unspecified atom stereocenters. The van der Waals surface area contributed by atoms with Gasteiger partial charge in [0.15, 0.2) is 0 Å². The molecule has 0 fully saturated rings. The molecular formula is C18H30N2O2. The summed E-state index contributed by atoms with van der Waals surface area (Å²) in [5.41, 5.74) is 0.868. The van der Waals surface area contributed by atoms with E-state index in [0.717, 1.165) is 19.5 Å². The van der Waals surface area contributed by atoms with Crippen LogP contribution < -0.4 is 5.32 Å². The number of likely N-dealkylation sites (N-methyl/N-ethyl adjacent to an activating group) is 1. The molecular weight excluding hydrogens is 276 g/mol. The Morgan fingerprint density at radius 2 is 1.91 bits per heavy atom. The van der Waals surface area contributed by atoms with Crippen LogP contribution in [0.25, 0.3) is 0 Å².